The molecule has 2 fully saturated rings. The maximum atomic E-state index is 13.3. The van der Waals surface area contributed by atoms with Crippen LogP contribution >= 0.6 is 0 Å². The zero-order chi connectivity index (χ0) is 19.8. The van der Waals surface area contributed by atoms with Gasteiger partial charge in [0.1, 0.15) is 0 Å². The summed E-state index contributed by atoms with van der Waals surface area (Å²) < 4.78 is 33.9. The minimum absolute atomic E-state index is 0.0835. The first kappa shape index (κ1) is 19.4. The maximum Gasteiger partial charge on any atom is 0.243 e. The van der Waals surface area contributed by atoms with Crippen LogP contribution in [0.5, 0.6) is 0 Å². The molecule has 4 rings (SSSR count). The van der Waals surface area contributed by atoms with Gasteiger partial charge in [0, 0.05) is 32.0 Å². The Hall–Kier alpha value is -1.89. The number of ether oxygens (including phenoxy) is 1. The molecule has 2 saturated heterocycles. The first-order valence-electron chi connectivity index (χ1n) is 9.94. The molecule has 0 unspecified atom stereocenters. The van der Waals surface area contributed by atoms with Crippen molar-refractivity contribution in [2.75, 3.05) is 32.0 Å². The molecule has 2 aromatic rings. The van der Waals surface area contributed by atoms with Crippen LogP contribution in [0.3, 0.4) is 0 Å². The van der Waals surface area contributed by atoms with Gasteiger partial charge in [-0.15, -0.1) is 0 Å². The number of hydrogen-bond acceptors (Lipinski definition) is 4. The summed E-state index contributed by atoms with van der Waals surface area (Å²) >= 11 is 0. The summed E-state index contributed by atoms with van der Waals surface area (Å²) in [6, 6.07) is 13.1. The predicted molar refractivity (Wildman–Crippen MR) is 112 cm³/mol. The van der Waals surface area contributed by atoms with E-state index in [-0.39, 0.29) is 5.41 Å². The standard InChI is InChI=1S/C22H28N2O3S/c1-17-14-20(6-7-21(17)18-4-2-5-19(23)15-18)28(25,26)24-11-3-8-22(16-24)9-12-27-13-10-22/h2,4-7,14-15H,3,8-13,16,23H2,1H3. The van der Waals surface area contributed by atoms with Gasteiger partial charge in [-0.2, -0.15) is 4.31 Å². The van der Waals surface area contributed by atoms with E-state index in [0.717, 1.165) is 55.6 Å². The van der Waals surface area contributed by atoms with Crippen molar-refractivity contribution in [3.05, 3.63) is 48.0 Å². The molecular weight excluding hydrogens is 372 g/mol. The van der Waals surface area contributed by atoms with Crippen molar-refractivity contribution < 1.29 is 13.2 Å². The van der Waals surface area contributed by atoms with Crippen LogP contribution in [0.4, 0.5) is 5.69 Å². The Morgan fingerprint density at radius 2 is 1.86 bits per heavy atom. The molecule has 5 nitrogen and oxygen atoms in total. The maximum absolute atomic E-state index is 13.3. The van der Waals surface area contributed by atoms with Crippen LogP contribution < -0.4 is 5.73 Å². The van der Waals surface area contributed by atoms with E-state index in [0.29, 0.717) is 23.7 Å². The fourth-order valence-corrected chi connectivity index (χ4v) is 6.23. The van der Waals surface area contributed by atoms with Gasteiger partial charge in [-0.25, -0.2) is 8.42 Å². The highest BCUT2D eigenvalue weighted by Crippen LogP contribution is 2.41. The summed E-state index contributed by atoms with van der Waals surface area (Å²) in [6.45, 7) is 4.63. The Kier molecular flexibility index (Phi) is 5.21. The summed E-state index contributed by atoms with van der Waals surface area (Å²) in [5, 5.41) is 0. The third-order valence-electron chi connectivity index (χ3n) is 6.21. The van der Waals surface area contributed by atoms with Crippen molar-refractivity contribution in [2.45, 2.75) is 37.5 Å². The Labute approximate surface area is 167 Å². The Morgan fingerprint density at radius 3 is 2.57 bits per heavy atom. The van der Waals surface area contributed by atoms with Gasteiger partial charge in [-0.3, -0.25) is 0 Å². The Bertz CT molecular complexity index is 960. The zero-order valence-electron chi connectivity index (χ0n) is 16.4. The number of rotatable bonds is 3. The second-order valence-corrected chi connectivity index (χ2v) is 10.1. The first-order valence-corrected chi connectivity index (χ1v) is 11.4. The molecule has 2 N–H and O–H groups in total. The average Bonchev–Trinajstić information content (AvgIpc) is 2.68. The molecule has 1 spiro atoms. The Balaban J connectivity index is 1.61. The molecule has 28 heavy (non-hydrogen) atoms. The quantitative estimate of drug-likeness (QED) is 0.795. The van der Waals surface area contributed by atoms with Gasteiger partial charge in [0.15, 0.2) is 0 Å². The highest BCUT2D eigenvalue weighted by atomic mass is 32.2. The average molecular weight is 401 g/mol. The van der Waals surface area contributed by atoms with Gasteiger partial charge in [0.2, 0.25) is 10.0 Å². The second-order valence-electron chi connectivity index (χ2n) is 8.16. The van der Waals surface area contributed by atoms with Crippen LogP contribution in [0.25, 0.3) is 11.1 Å². The lowest BCUT2D eigenvalue weighted by Crippen LogP contribution is -2.48. The third-order valence-corrected chi connectivity index (χ3v) is 8.05. The number of nitrogens with zero attached hydrogens (tertiary/aromatic N) is 1. The van der Waals surface area contributed by atoms with E-state index in [1.165, 1.54) is 0 Å². The van der Waals surface area contributed by atoms with E-state index in [2.05, 4.69) is 0 Å². The zero-order valence-corrected chi connectivity index (χ0v) is 17.2. The molecule has 0 saturated carbocycles. The molecule has 2 aromatic carbocycles. The van der Waals surface area contributed by atoms with E-state index in [1.807, 2.05) is 37.3 Å². The number of benzene rings is 2. The molecule has 2 aliphatic heterocycles. The van der Waals surface area contributed by atoms with Gasteiger partial charge in [-0.05, 0) is 79.0 Å². The first-order chi connectivity index (χ1) is 13.4. The van der Waals surface area contributed by atoms with Crippen LogP contribution in [0, 0.1) is 12.3 Å². The lowest BCUT2D eigenvalue weighted by atomic mass is 9.74. The second kappa shape index (κ2) is 7.50. The van der Waals surface area contributed by atoms with Gasteiger partial charge in [-0.1, -0.05) is 18.2 Å². The van der Waals surface area contributed by atoms with Gasteiger partial charge >= 0.3 is 0 Å². The number of aryl methyl sites for hydroxylation is 1. The monoisotopic (exact) mass is 400 g/mol. The van der Waals surface area contributed by atoms with Crippen molar-refractivity contribution in [2.24, 2.45) is 5.41 Å². The summed E-state index contributed by atoms with van der Waals surface area (Å²) in [5.41, 5.74) is 9.62. The molecule has 2 heterocycles. The van der Waals surface area contributed by atoms with E-state index >= 15 is 0 Å². The van der Waals surface area contributed by atoms with Crippen molar-refractivity contribution >= 4 is 15.7 Å². The molecular formula is C22H28N2O3S. The van der Waals surface area contributed by atoms with Crippen LogP contribution in [-0.4, -0.2) is 39.0 Å². The number of sulfonamides is 1. The lowest BCUT2D eigenvalue weighted by molar-refractivity contribution is -0.0117. The number of nitrogens with two attached hydrogens (primary N) is 1. The Morgan fingerprint density at radius 1 is 1.07 bits per heavy atom. The number of nitrogen functional groups attached to an aromatic ring is 1. The number of hydrogen-bond donors (Lipinski definition) is 1. The van der Waals surface area contributed by atoms with Crippen LogP contribution in [0.2, 0.25) is 0 Å². The van der Waals surface area contributed by atoms with Gasteiger partial charge < -0.3 is 10.5 Å². The van der Waals surface area contributed by atoms with E-state index in [1.54, 1.807) is 16.4 Å². The van der Waals surface area contributed by atoms with Crippen molar-refractivity contribution in [3.8, 4) is 11.1 Å². The molecule has 2 aliphatic rings. The molecule has 0 radical (unpaired) electrons. The summed E-state index contributed by atoms with van der Waals surface area (Å²) in [4.78, 5) is 0.377. The van der Waals surface area contributed by atoms with Gasteiger partial charge in [0.05, 0.1) is 4.90 Å². The normalized spacial score (nSPS) is 20.3. The van der Waals surface area contributed by atoms with E-state index < -0.39 is 10.0 Å². The largest absolute Gasteiger partial charge is 0.399 e. The van der Waals surface area contributed by atoms with Crippen molar-refractivity contribution in [1.82, 2.24) is 4.31 Å². The van der Waals surface area contributed by atoms with E-state index in [9.17, 15) is 8.42 Å². The highest BCUT2D eigenvalue weighted by Gasteiger charge is 2.41. The fourth-order valence-electron chi connectivity index (χ4n) is 4.56. The SMILES string of the molecule is Cc1cc(S(=O)(=O)N2CCCC3(CCOCC3)C2)ccc1-c1cccc(N)c1. The number of piperidine rings is 1. The molecule has 6 heteroatoms. The summed E-state index contributed by atoms with van der Waals surface area (Å²) in [5.74, 6) is 0. The van der Waals surface area contributed by atoms with Crippen LogP contribution in [-0.2, 0) is 14.8 Å². The fraction of sp³-hybridized carbons (Fsp3) is 0.455. The van der Waals surface area contributed by atoms with Crippen molar-refractivity contribution in [1.29, 1.82) is 0 Å². The van der Waals surface area contributed by atoms with Gasteiger partial charge in [0.25, 0.3) is 0 Å². The summed E-state index contributed by atoms with van der Waals surface area (Å²) in [7, 11) is -3.50. The third kappa shape index (κ3) is 3.69. The molecule has 0 aliphatic carbocycles. The minimum atomic E-state index is -3.50. The smallest absolute Gasteiger partial charge is 0.243 e. The lowest BCUT2D eigenvalue weighted by Gasteiger charge is -2.44. The predicted octanol–water partition coefficient (Wildman–Crippen LogP) is 3.83. The molecule has 150 valence electrons. The van der Waals surface area contributed by atoms with E-state index in [4.69, 9.17) is 10.5 Å². The number of anilines is 1. The summed E-state index contributed by atoms with van der Waals surface area (Å²) in [6.07, 6.45) is 3.91. The van der Waals surface area contributed by atoms with Crippen molar-refractivity contribution in [3.63, 3.8) is 0 Å². The molecule has 0 aromatic heterocycles. The molecule has 0 amide bonds. The highest BCUT2D eigenvalue weighted by molar-refractivity contribution is 7.89. The topological polar surface area (TPSA) is 72.6 Å². The molecule has 0 bridgehead atoms. The van der Waals surface area contributed by atoms with Crippen LogP contribution in [0.15, 0.2) is 47.4 Å². The molecule has 0 atom stereocenters. The minimum Gasteiger partial charge on any atom is -0.399 e. The van der Waals surface area contributed by atoms with Crippen LogP contribution in [0.1, 0.15) is 31.2 Å².